The summed E-state index contributed by atoms with van der Waals surface area (Å²) in [6.07, 6.45) is -1.40. The number of aromatic nitrogens is 3. The predicted molar refractivity (Wildman–Crippen MR) is 125 cm³/mol. The Balaban J connectivity index is 1.70. The van der Waals surface area contributed by atoms with Crippen LogP contribution >= 0.6 is 0 Å². The third-order valence-electron chi connectivity index (χ3n) is 6.27. The van der Waals surface area contributed by atoms with Gasteiger partial charge in [0.05, 0.1) is 5.52 Å². The summed E-state index contributed by atoms with van der Waals surface area (Å²) in [5.41, 5.74) is 2.86. The second-order valence-electron chi connectivity index (χ2n) is 10.00. The Kier molecular flexibility index (Phi) is 6.46. The fourth-order valence-corrected chi connectivity index (χ4v) is 4.47. The molecule has 0 saturated heterocycles. The molecule has 2 aromatic heterocycles. The quantitative estimate of drug-likeness (QED) is 0.435. The van der Waals surface area contributed by atoms with Gasteiger partial charge in [-0.15, -0.1) is 5.10 Å². The maximum absolute atomic E-state index is 12.8. The molecular formula is C24H30F3N5O2. The highest BCUT2D eigenvalue weighted by Crippen LogP contribution is 2.36. The molecule has 10 heteroatoms. The molecule has 0 aliphatic heterocycles. The van der Waals surface area contributed by atoms with Crippen LogP contribution in [0, 0.1) is 12.8 Å². The van der Waals surface area contributed by atoms with E-state index in [9.17, 15) is 18.3 Å². The molecule has 1 saturated carbocycles. The molecule has 2 atom stereocenters. The van der Waals surface area contributed by atoms with Crippen LogP contribution in [0.1, 0.15) is 51.2 Å². The predicted octanol–water partition coefficient (Wildman–Crippen LogP) is 5.44. The van der Waals surface area contributed by atoms with Gasteiger partial charge in [0.2, 0.25) is 0 Å². The van der Waals surface area contributed by atoms with Crippen molar-refractivity contribution in [2.75, 3.05) is 23.8 Å². The maximum atomic E-state index is 12.8. The van der Waals surface area contributed by atoms with Crippen LogP contribution in [-0.4, -0.2) is 45.7 Å². The van der Waals surface area contributed by atoms with Gasteiger partial charge in [0, 0.05) is 29.6 Å². The number of fused-ring (bicyclic) bond motifs is 1. The van der Waals surface area contributed by atoms with Gasteiger partial charge >= 0.3 is 12.2 Å². The van der Waals surface area contributed by atoms with Crippen LogP contribution in [0.3, 0.4) is 0 Å². The molecule has 2 heterocycles. The molecule has 184 valence electrons. The monoisotopic (exact) mass is 477 g/mol. The standard InChI is InChI=1S/C24H30F3N5O2/c1-13-8-19(21-31-32-22(34-21)30-18-7-5-6-14(18)11-33)29-20-16(13)9-15(28-12-24(25,26)27)10-17(20)23(2,3)4/h8-10,14,18,28,33H,5-7,11-12H2,1-4H3,(H,30,32)/t14-,18?/m0/s1. The molecule has 0 bridgehead atoms. The normalized spacial score (nSPS) is 19.1. The van der Waals surface area contributed by atoms with E-state index in [1.54, 1.807) is 18.2 Å². The molecule has 4 rings (SSSR count). The second kappa shape index (κ2) is 9.05. The number of nitrogens with zero attached hydrogens (tertiary/aromatic N) is 3. The lowest BCUT2D eigenvalue weighted by Gasteiger charge is -2.23. The third kappa shape index (κ3) is 5.27. The van der Waals surface area contributed by atoms with E-state index in [1.807, 2.05) is 27.7 Å². The van der Waals surface area contributed by atoms with Crippen LogP contribution in [0.5, 0.6) is 0 Å². The number of aryl methyl sites for hydroxylation is 1. The second-order valence-corrected chi connectivity index (χ2v) is 10.00. The molecular weight excluding hydrogens is 447 g/mol. The molecule has 3 N–H and O–H groups in total. The largest absolute Gasteiger partial charge is 0.405 e. The number of aliphatic hydroxyl groups excluding tert-OH is 1. The third-order valence-corrected chi connectivity index (χ3v) is 6.27. The van der Waals surface area contributed by atoms with Gasteiger partial charge in [-0.25, -0.2) is 4.98 Å². The first-order valence-electron chi connectivity index (χ1n) is 11.4. The first kappa shape index (κ1) is 24.3. The lowest BCUT2D eigenvalue weighted by atomic mass is 9.84. The zero-order chi connectivity index (χ0) is 24.7. The number of pyridine rings is 1. The summed E-state index contributed by atoms with van der Waals surface area (Å²) < 4.78 is 44.1. The van der Waals surface area contributed by atoms with Gasteiger partial charge in [-0.2, -0.15) is 13.2 Å². The first-order valence-corrected chi connectivity index (χ1v) is 11.4. The van der Waals surface area contributed by atoms with E-state index in [4.69, 9.17) is 9.40 Å². The number of aliphatic hydroxyl groups is 1. The summed E-state index contributed by atoms with van der Waals surface area (Å²) in [5.74, 6) is 0.413. The van der Waals surface area contributed by atoms with E-state index in [2.05, 4.69) is 20.8 Å². The van der Waals surface area contributed by atoms with E-state index in [0.717, 1.165) is 35.8 Å². The van der Waals surface area contributed by atoms with Gasteiger partial charge in [-0.05, 0) is 54.5 Å². The van der Waals surface area contributed by atoms with E-state index in [0.29, 0.717) is 16.9 Å². The molecule has 0 radical (unpaired) electrons. The van der Waals surface area contributed by atoms with Gasteiger partial charge in [-0.1, -0.05) is 32.3 Å². The number of halogens is 3. The zero-order valence-corrected chi connectivity index (χ0v) is 19.8. The van der Waals surface area contributed by atoms with Crippen LogP contribution in [0.2, 0.25) is 0 Å². The van der Waals surface area contributed by atoms with Crippen molar-refractivity contribution in [3.8, 4) is 11.6 Å². The molecule has 1 aromatic carbocycles. The minimum atomic E-state index is -4.31. The van der Waals surface area contributed by atoms with Crippen LogP contribution < -0.4 is 10.6 Å². The van der Waals surface area contributed by atoms with E-state index < -0.39 is 12.7 Å². The summed E-state index contributed by atoms with van der Waals surface area (Å²) in [6, 6.07) is 5.58. The SMILES string of the molecule is Cc1cc(-c2nnc(NC3CCC[C@H]3CO)o2)nc2c(C(C)(C)C)cc(NCC(F)(F)F)cc12. The molecule has 1 unspecified atom stereocenters. The zero-order valence-electron chi connectivity index (χ0n) is 19.8. The van der Waals surface area contributed by atoms with Crippen molar-refractivity contribution in [3.63, 3.8) is 0 Å². The minimum Gasteiger partial charge on any atom is -0.402 e. The van der Waals surface area contributed by atoms with E-state index in [1.165, 1.54) is 0 Å². The number of anilines is 2. The minimum absolute atomic E-state index is 0.0831. The summed E-state index contributed by atoms with van der Waals surface area (Å²) in [5, 5.41) is 24.3. The first-order chi connectivity index (χ1) is 15.9. The van der Waals surface area contributed by atoms with Gasteiger partial charge in [0.1, 0.15) is 12.2 Å². The fraction of sp³-hybridized carbons (Fsp3) is 0.542. The van der Waals surface area contributed by atoms with Crippen LogP contribution in [-0.2, 0) is 5.41 Å². The Morgan fingerprint density at radius 3 is 2.56 bits per heavy atom. The highest BCUT2D eigenvalue weighted by Gasteiger charge is 2.29. The van der Waals surface area contributed by atoms with Crippen molar-refractivity contribution in [1.29, 1.82) is 0 Å². The van der Waals surface area contributed by atoms with Crippen molar-refractivity contribution in [3.05, 3.63) is 29.3 Å². The molecule has 1 aliphatic rings. The molecule has 3 aromatic rings. The van der Waals surface area contributed by atoms with Crippen molar-refractivity contribution in [1.82, 2.24) is 15.2 Å². The number of hydrogen-bond donors (Lipinski definition) is 3. The Morgan fingerprint density at radius 2 is 1.88 bits per heavy atom. The smallest absolute Gasteiger partial charge is 0.402 e. The van der Waals surface area contributed by atoms with Crippen molar-refractivity contribution in [2.45, 2.75) is 64.6 Å². The summed E-state index contributed by atoms with van der Waals surface area (Å²) in [7, 11) is 0. The maximum Gasteiger partial charge on any atom is 0.405 e. The molecule has 7 nitrogen and oxygen atoms in total. The Bertz CT molecular complexity index is 1170. The van der Waals surface area contributed by atoms with Crippen LogP contribution in [0.15, 0.2) is 22.6 Å². The number of rotatable bonds is 6. The van der Waals surface area contributed by atoms with Crippen LogP contribution in [0.25, 0.3) is 22.5 Å². The van der Waals surface area contributed by atoms with Gasteiger partial charge in [0.25, 0.3) is 5.89 Å². The summed E-state index contributed by atoms with van der Waals surface area (Å²) in [4.78, 5) is 4.78. The molecule has 34 heavy (non-hydrogen) atoms. The fourth-order valence-electron chi connectivity index (χ4n) is 4.47. The average Bonchev–Trinajstić information content (AvgIpc) is 3.40. The molecule has 0 spiro atoms. The van der Waals surface area contributed by atoms with Crippen molar-refractivity contribution < 1.29 is 22.7 Å². The van der Waals surface area contributed by atoms with E-state index >= 15 is 0 Å². The number of hydrogen-bond acceptors (Lipinski definition) is 7. The Morgan fingerprint density at radius 1 is 1.12 bits per heavy atom. The summed E-state index contributed by atoms with van der Waals surface area (Å²) >= 11 is 0. The highest BCUT2D eigenvalue weighted by atomic mass is 19.4. The van der Waals surface area contributed by atoms with Crippen LogP contribution in [0.4, 0.5) is 24.9 Å². The average molecular weight is 478 g/mol. The highest BCUT2D eigenvalue weighted by molar-refractivity contribution is 5.90. The number of nitrogens with one attached hydrogen (secondary N) is 2. The number of alkyl halides is 3. The molecule has 1 fully saturated rings. The lowest BCUT2D eigenvalue weighted by Crippen LogP contribution is -2.26. The molecule has 1 aliphatic carbocycles. The Hall–Kier alpha value is -2.88. The summed E-state index contributed by atoms with van der Waals surface area (Å²) in [6.45, 7) is 6.86. The molecule has 0 amide bonds. The van der Waals surface area contributed by atoms with Gasteiger partial charge in [-0.3, -0.25) is 0 Å². The number of benzene rings is 1. The van der Waals surface area contributed by atoms with Crippen molar-refractivity contribution >= 4 is 22.6 Å². The topological polar surface area (TPSA) is 96.1 Å². The van der Waals surface area contributed by atoms with Crippen molar-refractivity contribution in [2.24, 2.45) is 5.92 Å². The van der Waals surface area contributed by atoms with Gasteiger partial charge < -0.3 is 20.2 Å². The van der Waals surface area contributed by atoms with E-state index in [-0.39, 0.29) is 35.9 Å². The van der Waals surface area contributed by atoms with Gasteiger partial charge in [0.15, 0.2) is 0 Å². The Labute approximate surface area is 196 Å². The lowest BCUT2D eigenvalue weighted by molar-refractivity contribution is -0.115.